The molecule has 0 amide bonds. The summed E-state index contributed by atoms with van der Waals surface area (Å²) in [6, 6.07) is 9.68. The van der Waals surface area contributed by atoms with E-state index in [2.05, 4.69) is 27.3 Å². The maximum Gasteiger partial charge on any atom is 0.226 e. The molecule has 0 N–H and O–H groups in total. The predicted molar refractivity (Wildman–Crippen MR) is 99.9 cm³/mol. The number of aryl methyl sites for hydroxylation is 2. The SMILES string of the molecule is CCc1nc(-c2ccc3c(c2)CC[C@H]3CC(=O)c2ccnc(OC)c2)no1. The Kier molecular flexibility index (Phi) is 4.71. The Morgan fingerprint density at radius 2 is 2.19 bits per heavy atom. The molecule has 0 saturated heterocycles. The molecule has 0 unspecified atom stereocenters. The van der Waals surface area contributed by atoms with E-state index in [1.54, 1.807) is 25.4 Å². The summed E-state index contributed by atoms with van der Waals surface area (Å²) in [6.07, 6.45) is 4.75. The molecule has 0 radical (unpaired) electrons. The van der Waals surface area contributed by atoms with Crippen molar-refractivity contribution < 1.29 is 14.1 Å². The lowest BCUT2D eigenvalue weighted by Crippen LogP contribution is -2.06. The van der Waals surface area contributed by atoms with Gasteiger partial charge in [-0.3, -0.25) is 4.79 Å². The summed E-state index contributed by atoms with van der Waals surface area (Å²) >= 11 is 0. The van der Waals surface area contributed by atoms with Crippen molar-refractivity contribution >= 4 is 5.78 Å². The van der Waals surface area contributed by atoms with Crippen LogP contribution in [0.2, 0.25) is 0 Å². The van der Waals surface area contributed by atoms with E-state index in [0.29, 0.717) is 29.6 Å². The first-order valence-electron chi connectivity index (χ1n) is 9.17. The number of benzene rings is 1. The molecule has 0 fully saturated rings. The van der Waals surface area contributed by atoms with Crippen molar-refractivity contribution in [1.82, 2.24) is 15.1 Å². The number of rotatable bonds is 6. The zero-order valence-corrected chi connectivity index (χ0v) is 15.4. The lowest BCUT2D eigenvalue weighted by molar-refractivity contribution is 0.0973. The van der Waals surface area contributed by atoms with Crippen LogP contribution in [-0.4, -0.2) is 28.0 Å². The van der Waals surface area contributed by atoms with Crippen molar-refractivity contribution in [3.63, 3.8) is 0 Å². The Hall–Kier alpha value is -3.02. The standard InChI is InChI=1S/C21H21N3O3/c1-3-19-23-21(24-27-19)16-6-7-17-13(10-16)4-5-14(17)11-18(25)15-8-9-22-20(12-15)26-2/h6-10,12,14H,3-5,11H2,1-2H3/t14-/m0/s1. The number of carbonyl (C=O) groups excluding carboxylic acids is 1. The van der Waals surface area contributed by atoms with Crippen molar-refractivity contribution in [2.75, 3.05) is 7.11 Å². The third kappa shape index (κ3) is 3.47. The van der Waals surface area contributed by atoms with Gasteiger partial charge in [0, 0.05) is 36.2 Å². The third-order valence-corrected chi connectivity index (χ3v) is 5.07. The second-order valence-electron chi connectivity index (χ2n) is 6.73. The van der Waals surface area contributed by atoms with Crippen molar-refractivity contribution in [2.24, 2.45) is 0 Å². The normalized spacial score (nSPS) is 15.6. The van der Waals surface area contributed by atoms with E-state index in [-0.39, 0.29) is 11.7 Å². The van der Waals surface area contributed by atoms with Crippen LogP contribution in [0.25, 0.3) is 11.4 Å². The smallest absolute Gasteiger partial charge is 0.226 e. The summed E-state index contributed by atoms with van der Waals surface area (Å²) in [6.45, 7) is 1.99. The average molecular weight is 363 g/mol. The largest absolute Gasteiger partial charge is 0.481 e. The Morgan fingerprint density at radius 3 is 2.96 bits per heavy atom. The number of hydrogen-bond acceptors (Lipinski definition) is 6. The van der Waals surface area contributed by atoms with Gasteiger partial charge in [0.2, 0.25) is 17.6 Å². The highest BCUT2D eigenvalue weighted by Gasteiger charge is 2.26. The Balaban J connectivity index is 1.52. The molecular weight excluding hydrogens is 342 g/mol. The molecule has 4 rings (SSSR count). The van der Waals surface area contributed by atoms with E-state index in [9.17, 15) is 4.79 Å². The average Bonchev–Trinajstić information content (AvgIpc) is 3.35. The van der Waals surface area contributed by atoms with Crippen molar-refractivity contribution in [3.8, 4) is 17.3 Å². The van der Waals surface area contributed by atoms with Gasteiger partial charge in [0.15, 0.2) is 5.78 Å². The fourth-order valence-corrected chi connectivity index (χ4v) is 3.61. The minimum atomic E-state index is 0.114. The first-order chi connectivity index (χ1) is 13.2. The van der Waals surface area contributed by atoms with E-state index >= 15 is 0 Å². The summed E-state index contributed by atoms with van der Waals surface area (Å²) in [5.41, 5.74) is 4.11. The number of Topliss-reactive ketones (excluding diaryl/α,β-unsaturated/α-hetero) is 1. The first kappa shape index (κ1) is 17.4. The predicted octanol–water partition coefficient (Wildman–Crippen LogP) is 4.01. The molecule has 1 aromatic carbocycles. The zero-order valence-electron chi connectivity index (χ0n) is 15.4. The monoisotopic (exact) mass is 363 g/mol. The van der Waals surface area contributed by atoms with Gasteiger partial charge in [0.25, 0.3) is 0 Å². The molecule has 0 saturated carbocycles. The van der Waals surface area contributed by atoms with Gasteiger partial charge < -0.3 is 9.26 Å². The van der Waals surface area contributed by atoms with Gasteiger partial charge >= 0.3 is 0 Å². The molecule has 138 valence electrons. The number of methoxy groups -OCH3 is 1. The molecule has 2 aromatic heterocycles. The maximum atomic E-state index is 12.7. The molecular formula is C21H21N3O3. The maximum absolute atomic E-state index is 12.7. The molecule has 0 bridgehead atoms. The molecule has 6 heteroatoms. The van der Waals surface area contributed by atoms with Crippen LogP contribution in [-0.2, 0) is 12.8 Å². The molecule has 0 aliphatic heterocycles. The van der Waals surface area contributed by atoms with E-state index in [1.165, 1.54) is 11.1 Å². The Labute approximate surface area is 157 Å². The number of ether oxygens (including phenoxy) is 1. The van der Waals surface area contributed by atoms with E-state index in [4.69, 9.17) is 9.26 Å². The minimum Gasteiger partial charge on any atom is -0.481 e. The van der Waals surface area contributed by atoms with E-state index in [1.807, 2.05) is 13.0 Å². The summed E-state index contributed by atoms with van der Waals surface area (Å²) < 4.78 is 10.3. The number of nitrogens with zero attached hydrogens (tertiary/aromatic N) is 3. The van der Waals surface area contributed by atoms with Gasteiger partial charge in [-0.05, 0) is 42.0 Å². The van der Waals surface area contributed by atoms with Crippen LogP contribution in [0.1, 0.15) is 53.1 Å². The lowest BCUT2D eigenvalue weighted by atomic mass is 9.93. The van der Waals surface area contributed by atoms with Gasteiger partial charge in [-0.15, -0.1) is 0 Å². The van der Waals surface area contributed by atoms with Crippen LogP contribution < -0.4 is 4.74 Å². The van der Waals surface area contributed by atoms with E-state index < -0.39 is 0 Å². The van der Waals surface area contributed by atoms with Crippen LogP contribution in [0, 0.1) is 0 Å². The van der Waals surface area contributed by atoms with Crippen molar-refractivity contribution in [2.45, 2.75) is 38.5 Å². The second kappa shape index (κ2) is 7.31. The van der Waals surface area contributed by atoms with Gasteiger partial charge in [-0.1, -0.05) is 24.2 Å². The number of carbonyl (C=O) groups is 1. The van der Waals surface area contributed by atoms with Crippen LogP contribution in [0.5, 0.6) is 5.88 Å². The van der Waals surface area contributed by atoms with Crippen LogP contribution in [0.3, 0.4) is 0 Å². The van der Waals surface area contributed by atoms with Crippen LogP contribution >= 0.6 is 0 Å². The fraction of sp³-hybridized carbons (Fsp3) is 0.333. The molecule has 3 aromatic rings. The zero-order chi connectivity index (χ0) is 18.8. The topological polar surface area (TPSA) is 78.1 Å². The molecule has 0 spiro atoms. The Morgan fingerprint density at radius 1 is 1.30 bits per heavy atom. The number of hydrogen-bond donors (Lipinski definition) is 0. The van der Waals surface area contributed by atoms with Crippen LogP contribution in [0.15, 0.2) is 41.1 Å². The van der Waals surface area contributed by atoms with Crippen LogP contribution in [0.4, 0.5) is 0 Å². The third-order valence-electron chi connectivity index (χ3n) is 5.07. The lowest BCUT2D eigenvalue weighted by Gasteiger charge is -2.11. The minimum absolute atomic E-state index is 0.114. The quantitative estimate of drug-likeness (QED) is 0.616. The highest BCUT2D eigenvalue weighted by molar-refractivity contribution is 5.96. The van der Waals surface area contributed by atoms with Crippen molar-refractivity contribution in [1.29, 1.82) is 0 Å². The van der Waals surface area contributed by atoms with Gasteiger partial charge in [-0.25, -0.2) is 4.98 Å². The van der Waals surface area contributed by atoms with Crippen molar-refractivity contribution in [3.05, 3.63) is 59.1 Å². The van der Waals surface area contributed by atoms with E-state index in [0.717, 1.165) is 24.8 Å². The summed E-state index contributed by atoms with van der Waals surface area (Å²) in [5, 5.41) is 4.05. The molecule has 1 aliphatic rings. The molecule has 27 heavy (non-hydrogen) atoms. The molecule has 1 atom stereocenters. The van der Waals surface area contributed by atoms with Gasteiger partial charge in [0.1, 0.15) is 0 Å². The fourth-order valence-electron chi connectivity index (χ4n) is 3.61. The molecule has 2 heterocycles. The Bertz CT molecular complexity index is 980. The summed E-state index contributed by atoms with van der Waals surface area (Å²) in [5.74, 6) is 2.07. The highest BCUT2D eigenvalue weighted by Crippen LogP contribution is 2.38. The molecule has 6 nitrogen and oxygen atoms in total. The second-order valence-corrected chi connectivity index (χ2v) is 6.73. The summed E-state index contributed by atoms with van der Waals surface area (Å²) in [4.78, 5) is 21.1. The highest BCUT2D eigenvalue weighted by atomic mass is 16.5. The number of pyridine rings is 1. The molecule has 1 aliphatic carbocycles. The number of aromatic nitrogens is 3. The number of fused-ring (bicyclic) bond motifs is 1. The van der Waals surface area contributed by atoms with Gasteiger partial charge in [0.05, 0.1) is 7.11 Å². The number of ketones is 1. The first-order valence-corrected chi connectivity index (χ1v) is 9.17. The van der Waals surface area contributed by atoms with Gasteiger partial charge in [-0.2, -0.15) is 4.98 Å². The summed E-state index contributed by atoms with van der Waals surface area (Å²) in [7, 11) is 1.55.